The monoisotopic (exact) mass is 467 g/mol. The van der Waals surface area contributed by atoms with Crippen molar-refractivity contribution in [2.24, 2.45) is 0 Å². The van der Waals surface area contributed by atoms with Crippen molar-refractivity contribution in [3.05, 3.63) is 59.0 Å². The molecule has 3 nitrogen and oxygen atoms in total. The molecule has 1 aliphatic rings. The summed E-state index contributed by atoms with van der Waals surface area (Å²) in [5.74, 6) is 0.235. The Balaban J connectivity index is 0. The molecule has 0 aliphatic heterocycles. The Morgan fingerprint density at radius 2 is 1.58 bits per heavy atom. The standard InChI is InChI=1S/C21H26F3N3.3C2H6/c1-6-16(17(14(4)5)11-10-13(2)3)19-18(21(22,23)24)12-25-20(27-19)26-15-8-7-9-15;3*1-2/h6,10-12,15H,2,7-9H2,1,3-5H3,(H,25,26,27);3*1-2H3/b11-10-,16-6+;;;. The first-order chi connectivity index (χ1) is 15.6. The van der Waals surface area contributed by atoms with Gasteiger partial charge in [-0.3, -0.25) is 0 Å². The number of hydrogen-bond donors (Lipinski definition) is 1. The maximum absolute atomic E-state index is 13.6. The van der Waals surface area contributed by atoms with Gasteiger partial charge in [0.05, 0.1) is 5.69 Å². The van der Waals surface area contributed by atoms with Crippen molar-refractivity contribution in [1.82, 2.24) is 9.97 Å². The van der Waals surface area contributed by atoms with Gasteiger partial charge in [-0.25, -0.2) is 9.97 Å². The fourth-order valence-electron chi connectivity index (χ4n) is 2.77. The molecule has 0 atom stereocenters. The first kappa shape index (κ1) is 32.8. The van der Waals surface area contributed by atoms with Crippen LogP contribution >= 0.6 is 0 Å². The topological polar surface area (TPSA) is 37.8 Å². The van der Waals surface area contributed by atoms with Gasteiger partial charge in [0.1, 0.15) is 5.56 Å². The maximum atomic E-state index is 13.6. The van der Waals surface area contributed by atoms with E-state index in [9.17, 15) is 13.2 Å². The van der Waals surface area contributed by atoms with Crippen molar-refractivity contribution in [3.63, 3.8) is 0 Å². The van der Waals surface area contributed by atoms with Crippen LogP contribution in [-0.2, 0) is 6.18 Å². The van der Waals surface area contributed by atoms with E-state index in [4.69, 9.17) is 0 Å². The summed E-state index contributed by atoms with van der Waals surface area (Å²) < 4.78 is 40.9. The first-order valence-corrected chi connectivity index (χ1v) is 12.0. The number of hydrogen-bond acceptors (Lipinski definition) is 3. The van der Waals surface area contributed by atoms with Crippen LogP contribution in [-0.4, -0.2) is 16.0 Å². The molecule has 0 radical (unpaired) electrons. The number of rotatable bonds is 6. The van der Waals surface area contributed by atoms with Gasteiger partial charge < -0.3 is 5.32 Å². The van der Waals surface area contributed by atoms with E-state index >= 15 is 0 Å². The Morgan fingerprint density at radius 1 is 1.03 bits per heavy atom. The molecule has 1 N–H and O–H groups in total. The summed E-state index contributed by atoms with van der Waals surface area (Å²) >= 11 is 0. The minimum absolute atomic E-state index is 0.107. The van der Waals surface area contributed by atoms with Gasteiger partial charge in [-0.05, 0) is 52.5 Å². The molecule has 1 aromatic rings. The quantitative estimate of drug-likeness (QED) is 0.423. The van der Waals surface area contributed by atoms with Crippen LogP contribution in [0.4, 0.5) is 19.1 Å². The van der Waals surface area contributed by atoms with E-state index in [1.807, 2.05) is 62.3 Å². The van der Waals surface area contributed by atoms with Crippen molar-refractivity contribution >= 4 is 11.5 Å². The van der Waals surface area contributed by atoms with Crippen molar-refractivity contribution in [2.45, 2.75) is 101 Å². The van der Waals surface area contributed by atoms with Crippen LogP contribution in [0.3, 0.4) is 0 Å². The number of anilines is 1. The number of nitrogens with zero attached hydrogens (tertiary/aromatic N) is 2. The normalized spacial score (nSPS) is 13.3. The van der Waals surface area contributed by atoms with E-state index in [1.165, 1.54) is 0 Å². The Labute approximate surface area is 200 Å². The molecular weight excluding hydrogens is 423 g/mol. The molecule has 0 bridgehead atoms. The first-order valence-electron chi connectivity index (χ1n) is 12.0. The Morgan fingerprint density at radius 3 is 1.94 bits per heavy atom. The van der Waals surface area contributed by atoms with Gasteiger partial charge in [0.15, 0.2) is 0 Å². The van der Waals surface area contributed by atoms with Crippen LogP contribution < -0.4 is 5.32 Å². The molecule has 0 unspecified atom stereocenters. The lowest BCUT2D eigenvalue weighted by molar-refractivity contribution is -0.138. The highest BCUT2D eigenvalue weighted by Gasteiger charge is 2.36. The highest BCUT2D eigenvalue weighted by Crippen LogP contribution is 2.37. The zero-order chi connectivity index (χ0) is 26.2. The average molecular weight is 468 g/mol. The highest BCUT2D eigenvalue weighted by molar-refractivity contribution is 5.82. The Hall–Kier alpha value is -2.37. The molecule has 188 valence electrons. The second kappa shape index (κ2) is 17.2. The number of allylic oxidation sites excluding steroid dienone is 7. The molecule has 1 heterocycles. The largest absolute Gasteiger partial charge is 0.419 e. The third kappa shape index (κ3) is 10.9. The third-order valence-corrected chi connectivity index (χ3v) is 4.44. The molecule has 2 rings (SSSR count). The van der Waals surface area contributed by atoms with Gasteiger partial charge in [-0.1, -0.05) is 77.5 Å². The molecule has 0 aromatic carbocycles. The summed E-state index contributed by atoms with van der Waals surface area (Å²) in [6, 6.07) is 0.231. The Kier molecular flexibility index (Phi) is 17.1. The lowest BCUT2D eigenvalue weighted by Crippen LogP contribution is -2.28. The number of halogens is 3. The maximum Gasteiger partial charge on any atom is 0.419 e. The van der Waals surface area contributed by atoms with Crippen molar-refractivity contribution in [1.29, 1.82) is 0 Å². The van der Waals surface area contributed by atoms with E-state index in [2.05, 4.69) is 21.9 Å². The molecule has 33 heavy (non-hydrogen) atoms. The Bertz CT molecular complexity index is 795. The van der Waals surface area contributed by atoms with E-state index in [-0.39, 0.29) is 17.7 Å². The SMILES string of the molecule is C=C(C)/C=C\C(=C(C)C)/C(=C\C)c1nc(NC2CCC2)ncc1C(F)(F)F.CC.CC.CC. The fraction of sp³-hybridized carbons (Fsp3) is 0.556. The summed E-state index contributed by atoms with van der Waals surface area (Å²) in [6.07, 6.45) is 4.64. The average Bonchev–Trinajstić information content (AvgIpc) is 2.76. The number of alkyl halides is 3. The van der Waals surface area contributed by atoms with E-state index in [0.717, 1.165) is 36.6 Å². The van der Waals surface area contributed by atoms with E-state index < -0.39 is 11.7 Å². The minimum atomic E-state index is -4.54. The van der Waals surface area contributed by atoms with Crippen LogP contribution in [0.2, 0.25) is 0 Å². The predicted octanol–water partition coefficient (Wildman–Crippen LogP) is 9.41. The fourth-order valence-corrected chi connectivity index (χ4v) is 2.77. The zero-order valence-corrected chi connectivity index (χ0v) is 22.2. The van der Waals surface area contributed by atoms with Gasteiger partial charge in [-0.2, -0.15) is 13.2 Å². The number of nitrogens with one attached hydrogen (secondary N) is 1. The molecule has 6 heteroatoms. The smallest absolute Gasteiger partial charge is 0.351 e. The summed E-state index contributed by atoms with van der Waals surface area (Å²) in [5.41, 5.74) is 1.89. The summed E-state index contributed by atoms with van der Waals surface area (Å²) in [5, 5.41) is 3.13. The summed E-state index contributed by atoms with van der Waals surface area (Å²) in [4.78, 5) is 8.17. The molecule has 1 fully saturated rings. The van der Waals surface area contributed by atoms with E-state index in [0.29, 0.717) is 11.1 Å². The molecule has 1 aromatic heterocycles. The van der Waals surface area contributed by atoms with Crippen LogP contribution in [0.25, 0.3) is 5.57 Å². The minimum Gasteiger partial charge on any atom is -0.351 e. The summed E-state index contributed by atoms with van der Waals surface area (Å²) in [6.45, 7) is 23.1. The number of aromatic nitrogens is 2. The van der Waals surface area contributed by atoms with Crippen molar-refractivity contribution < 1.29 is 13.2 Å². The van der Waals surface area contributed by atoms with Crippen LogP contribution in [0.15, 0.2) is 47.7 Å². The van der Waals surface area contributed by atoms with Gasteiger partial charge in [-0.15, -0.1) is 0 Å². The third-order valence-electron chi connectivity index (χ3n) is 4.44. The van der Waals surface area contributed by atoms with Gasteiger partial charge in [0, 0.05) is 17.8 Å². The van der Waals surface area contributed by atoms with Gasteiger partial charge >= 0.3 is 6.18 Å². The zero-order valence-electron chi connectivity index (χ0n) is 22.2. The summed E-state index contributed by atoms with van der Waals surface area (Å²) in [7, 11) is 0. The van der Waals surface area contributed by atoms with Gasteiger partial charge in [0.2, 0.25) is 5.95 Å². The second-order valence-electron chi connectivity index (χ2n) is 7.02. The molecule has 0 saturated heterocycles. The van der Waals surface area contributed by atoms with E-state index in [1.54, 1.807) is 25.2 Å². The van der Waals surface area contributed by atoms with Crippen LogP contribution in [0, 0.1) is 0 Å². The molecule has 0 amide bonds. The van der Waals surface area contributed by atoms with Crippen molar-refractivity contribution in [3.8, 4) is 0 Å². The predicted molar refractivity (Wildman–Crippen MR) is 138 cm³/mol. The van der Waals surface area contributed by atoms with Crippen LogP contribution in [0.5, 0.6) is 0 Å². The van der Waals surface area contributed by atoms with Gasteiger partial charge in [0.25, 0.3) is 0 Å². The second-order valence-corrected chi connectivity index (χ2v) is 7.02. The van der Waals surface area contributed by atoms with Crippen molar-refractivity contribution in [2.75, 3.05) is 5.32 Å². The van der Waals surface area contributed by atoms with Crippen LogP contribution in [0.1, 0.15) is 99.8 Å². The highest BCUT2D eigenvalue weighted by atomic mass is 19.4. The molecule has 1 aliphatic carbocycles. The lowest BCUT2D eigenvalue weighted by atomic mass is 9.93. The molecule has 1 saturated carbocycles. The lowest BCUT2D eigenvalue weighted by Gasteiger charge is -2.27. The molecular formula is C27H44F3N3. The molecule has 0 spiro atoms.